The molecule has 0 fully saturated rings. The van der Waals surface area contributed by atoms with Crippen molar-refractivity contribution in [2.24, 2.45) is 0 Å². The van der Waals surface area contributed by atoms with Crippen LogP contribution < -0.4 is 11.1 Å². The minimum atomic E-state index is -0.0468. The number of nitrogens with two attached hydrogens (primary N) is 1. The number of fused-ring (bicyclic) bond motifs is 4. The van der Waals surface area contributed by atoms with E-state index in [1.165, 1.54) is 0 Å². The molecule has 0 radical (unpaired) electrons. The number of aromatic nitrogens is 3. The van der Waals surface area contributed by atoms with Gasteiger partial charge in [-0.3, -0.25) is 4.79 Å². The number of hydrogen-bond acceptors (Lipinski definition) is 5. The topological polar surface area (TPSA) is 95.1 Å². The summed E-state index contributed by atoms with van der Waals surface area (Å²) in [5, 5.41) is 6.29. The molecule has 7 nitrogen and oxygen atoms in total. The first-order valence-corrected chi connectivity index (χ1v) is 11.9. The Balaban J connectivity index is 1.29. The summed E-state index contributed by atoms with van der Waals surface area (Å²) in [4.78, 5) is 22.0. The van der Waals surface area contributed by atoms with Crippen molar-refractivity contribution in [1.29, 1.82) is 0 Å². The standard InChI is InChI=1S/C28H29N5O2/c1-35-17-14-24-32-25-26(22-10-4-5-11-23(22)31-27(25)29)33(24)16-7-6-15-30-28(34)21-13-12-19-8-2-3-9-20(19)18-21/h2-5,8-13,18H,6-7,14-17H2,1H3,(H2,29,31)(H,30,34). The van der Waals surface area contributed by atoms with E-state index in [0.29, 0.717) is 31.0 Å². The molecule has 0 aliphatic heterocycles. The lowest BCUT2D eigenvalue weighted by molar-refractivity contribution is 0.0953. The van der Waals surface area contributed by atoms with Crippen LogP contribution in [0.4, 0.5) is 5.82 Å². The van der Waals surface area contributed by atoms with E-state index >= 15 is 0 Å². The highest BCUT2D eigenvalue weighted by Crippen LogP contribution is 2.29. The summed E-state index contributed by atoms with van der Waals surface area (Å²) in [5.41, 5.74) is 9.56. The van der Waals surface area contributed by atoms with E-state index in [1.54, 1.807) is 7.11 Å². The third-order valence-electron chi connectivity index (χ3n) is 6.32. The highest BCUT2D eigenvalue weighted by molar-refractivity contribution is 6.06. The minimum absolute atomic E-state index is 0.0468. The summed E-state index contributed by atoms with van der Waals surface area (Å²) in [6.07, 6.45) is 2.43. The molecule has 0 atom stereocenters. The molecule has 178 valence electrons. The molecule has 0 aliphatic rings. The van der Waals surface area contributed by atoms with Gasteiger partial charge in [0.15, 0.2) is 5.82 Å². The van der Waals surface area contributed by atoms with Crippen LogP contribution in [-0.4, -0.2) is 40.7 Å². The van der Waals surface area contributed by atoms with Crippen LogP contribution in [0.2, 0.25) is 0 Å². The number of carbonyl (C=O) groups excluding carboxylic acids is 1. The van der Waals surface area contributed by atoms with Crippen molar-refractivity contribution >= 4 is 44.4 Å². The zero-order valence-corrected chi connectivity index (χ0v) is 19.8. The number of aryl methyl sites for hydroxylation is 1. The molecular weight excluding hydrogens is 438 g/mol. The van der Waals surface area contributed by atoms with Crippen molar-refractivity contribution in [3.63, 3.8) is 0 Å². The molecule has 3 aromatic carbocycles. The lowest BCUT2D eigenvalue weighted by Gasteiger charge is -2.11. The highest BCUT2D eigenvalue weighted by Gasteiger charge is 2.17. The van der Waals surface area contributed by atoms with Crippen molar-refractivity contribution in [2.75, 3.05) is 26.0 Å². The number of imidazole rings is 1. The third kappa shape index (κ3) is 4.68. The Morgan fingerprint density at radius 2 is 1.80 bits per heavy atom. The second-order valence-corrected chi connectivity index (χ2v) is 8.66. The van der Waals surface area contributed by atoms with Crippen LogP contribution in [0.1, 0.15) is 29.0 Å². The number of nitrogens with zero attached hydrogens (tertiary/aromatic N) is 3. The number of unbranched alkanes of at least 4 members (excludes halogenated alkanes) is 1. The van der Waals surface area contributed by atoms with Crippen molar-refractivity contribution in [3.05, 3.63) is 78.1 Å². The molecule has 35 heavy (non-hydrogen) atoms. The number of ether oxygens (including phenoxy) is 1. The fourth-order valence-electron chi connectivity index (χ4n) is 4.56. The Labute approximate surface area is 203 Å². The summed E-state index contributed by atoms with van der Waals surface area (Å²) < 4.78 is 7.54. The number of anilines is 1. The molecule has 2 aromatic heterocycles. The molecule has 0 saturated heterocycles. The van der Waals surface area contributed by atoms with Gasteiger partial charge in [0.1, 0.15) is 11.3 Å². The van der Waals surface area contributed by atoms with Crippen LogP contribution in [0.5, 0.6) is 0 Å². The summed E-state index contributed by atoms with van der Waals surface area (Å²) in [6, 6.07) is 21.9. The van der Waals surface area contributed by atoms with Crippen molar-refractivity contribution in [3.8, 4) is 0 Å². The molecule has 0 aliphatic carbocycles. The van der Waals surface area contributed by atoms with E-state index in [0.717, 1.165) is 57.9 Å². The predicted octanol–water partition coefficient (Wildman–Crippen LogP) is 4.72. The van der Waals surface area contributed by atoms with E-state index in [9.17, 15) is 4.79 Å². The fraction of sp³-hybridized carbons (Fsp3) is 0.250. The number of methoxy groups -OCH3 is 1. The quantitative estimate of drug-likeness (QED) is 0.306. The first kappa shape index (κ1) is 22.8. The number of benzene rings is 3. The second-order valence-electron chi connectivity index (χ2n) is 8.66. The van der Waals surface area contributed by atoms with E-state index in [-0.39, 0.29) is 5.91 Å². The predicted molar refractivity (Wildman–Crippen MR) is 141 cm³/mol. The smallest absolute Gasteiger partial charge is 0.251 e. The van der Waals surface area contributed by atoms with Gasteiger partial charge in [-0.25, -0.2) is 9.97 Å². The molecule has 7 heteroatoms. The van der Waals surface area contributed by atoms with Crippen LogP contribution in [0.15, 0.2) is 66.7 Å². The summed E-state index contributed by atoms with van der Waals surface area (Å²) in [7, 11) is 1.69. The molecule has 0 unspecified atom stereocenters. The SMILES string of the molecule is COCCc1nc2c(N)nc3ccccc3c2n1CCCCNC(=O)c1ccc2ccccc2c1. The minimum Gasteiger partial charge on any atom is -0.384 e. The van der Waals surface area contributed by atoms with Gasteiger partial charge in [0, 0.05) is 37.6 Å². The molecule has 0 spiro atoms. The van der Waals surface area contributed by atoms with Crippen LogP contribution >= 0.6 is 0 Å². The molecule has 5 aromatic rings. The average molecular weight is 468 g/mol. The van der Waals surface area contributed by atoms with E-state index in [2.05, 4.69) is 20.9 Å². The monoisotopic (exact) mass is 467 g/mol. The van der Waals surface area contributed by atoms with Crippen molar-refractivity contribution in [1.82, 2.24) is 19.9 Å². The number of amides is 1. The Kier molecular flexibility index (Phi) is 6.59. The van der Waals surface area contributed by atoms with Crippen LogP contribution in [0.3, 0.4) is 0 Å². The molecule has 2 heterocycles. The maximum absolute atomic E-state index is 12.7. The number of pyridine rings is 1. The summed E-state index contributed by atoms with van der Waals surface area (Å²) in [5.74, 6) is 1.33. The van der Waals surface area contributed by atoms with Gasteiger partial charge >= 0.3 is 0 Å². The molecule has 5 rings (SSSR count). The molecular formula is C28H29N5O2. The highest BCUT2D eigenvalue weighted by atomic mass is 16.5. The van der Waals surface area contributed by atoms with Gasteiger partial charge < -0.3 is 20.4 Å². The van der Waals surface area contributed by atoms with Gasteiger partial charge in [0.05, 0.1) is 17.6 Å². The van der Waals surface area contributed by atoms with E-state index in [1.807, 2.05) is 60.7 Å². The number of hydrogen-bond donors (Lipinski definition) is 2. The summed E-state index contributed by atoms with van der Waals surface area (Å²) in [6.45, 7) is 1.96. The number of nitrogens with one attached hydrogen (secondary N) is 1. The van der Waals surface area contributed by atoms with Gasteiger partial charge in [0.25, 0.3) is 5.91 Å². The first-order valence-electron chi connectivity index (χ1n) is 11.9. The van der Waals surface area contributed by atoms with Crippen LogP contribution in [0, 0.1) is 0 Å². The molecule has 0 saturated carbocycles. The van der Waals surface area contributed by atoms with Gasteiger partial charge in [-0.1, -0.05) is 48.5 Å². The number of rotatable bonds is 9. The van der Waals surface area contributed by atoms with Gasteiger partial charge in [-0.2, -0.15) is 0 Å². The maximum Gasteiger partial charge on any atom is 0.251 e. The second kappa shape index (κ2) is 10.1. The van der Waals surface area contributed by atoms with E-state index < -0.39 is 0 Å². The Morgan fingerprint density at radius 3 is 2.66 bits per heavy atom. The fourth-order valence-corrected chi connectivity index (χ4v) is 4.56. The maximum atomic E-state index is 12.7. The first-order chi connectivity index (χ1) is 17.2. The van der Waals surface area contributed by atoms with Gasteiger partial charge in [-0.05, 0) is 41.8 Å². The van der Waals surface area contributed by atoms with Crippen molar-refractivity contribution in [2.45, 2.75) is 25.8 Å². The third-order valence-corrected chi connectivity index (χ3v) is 6.32. The number of carbonyl (C=O) groups is 1. The molecule has 3 N–H and O–H groups in total. The van der Waals surface area contributed by atoms with Crippen LogP contribution in [-0.2, 0) is 17.7 Å². The Morgan fingerprint density at radius 1 is 1.00 bits per heavy atom. The molecule has 0 bridgehead atoms. The van der Waals surface area contributed by atoms with E-state index in [4.69, 9.17) is 15.5 Å². The number of nitrogen functional groups attached to an aromatic ring is 1. The van der Waals surface area contributed by atoms with Gasteiger partial charge in [-0.15, -0.1) is 0 Å². The van der Waals surface area contributed by atoms with Gasteiger partial charge in [0.2, 0.25) is 0 Å². The van der Waals surface area contributed by atoms with Crippen LogP contribution in [0.25, 0.3) is 32.7 Å². The number of para-hydroxylation sites is 1. The normalized spacial score (nSPS) is 11.5. The molecule has 1 amide bonds. The van der Waals surface area contributed by atoms with Crippen molar-refractivity contribution < 1.29 is 9.53 Å². The lowest BCUT2D eigenvalue weighted by Crippen LogP contribution is -2.24. The average Bonchev–Trinajstić information content (AvgIpc) is 3.26. The zero-order valence-electron chi connectivity index (χ0n) is 19.8. The zero-order chi connectivity index (χ0) is 24.2. The lowest BCUT2D eigenvalue weighted by atomic mass is 10.1. The Bertz CT molecular complexity index is 1510. The largest absolute Gasteiger partial charge is 0.384 e. The summed E-state index contributed by atoms with van der Waals surface area (Å²) >= 11 is 0. The Hall–Kier alpha value is -3.97.